The molecule has 41 nitrogen and oxygen atoms in total. The van der Waals surface area contributed by atoms with Gasteiger partial charge in [0.2, 0.25) is 0 Å². The number of aliphatic hydroxyl groups is 1. The molecule has 3 heterocycles. The number of nitrogens with zero attached hydrogens (tertiary/aromatic N) is 3. The molecule has 122 heavy (non-hydrogen) atoms. The number of rotatable bonds is 36. The summed E-state index contributed by atoms with van der Waals surface area (Å²) < 4.78 is 109. The third-order valence-corrected chi connectivity index (χ3v) is 18.7. The van der Waals surface area contributed by atoms with Crippen LogP contribution in [0.3, 0.4) is 0 Å². The Kier molecular flexibility index (Phi) is 35.7. The number of carbonyl (C=O) groups is 13. The summed E-state index contributed by atoms with van der Waals surface area (Å²) in [4.78, 5) is 182. The second-order valence-electron chi connectivity index (χ2n) is 28.0. The van der Waals surface area contributed by atoms with Crippen LogP contribution in [0, 0.1) is 0 Å². The Morgan fingerprint density at radius 2 is 0.787 bits per heavy atom. The van der Waals surface area contributed by atoms with Crippen molar-refractivity contribution < 1.29 is 153 Å². The van der Waals surface area contributed by atoms with Crippen LogP contribution < -0.4 is 31.9 Å². The van der Waals surface area contributed by atoms with Gasteiger partial charge in [-0.05, 0) is 39.8 Å². The van der Waals surface area contributed by atoms with Crippen LogP contribution >= 0.6 is 0 Å². The summed E-state index contributed by atoms with van der Waals surface area (Å²) in [5.74, 6) is -8.62. The highest BCUT2D eigenvalue weighted by molar-refractivity contribution is 5.84. The average molecular weight is 1710 g/mol. The van der Waals surface area contributed by atoms with E-state index in [0.717, 1.165) is 48.5 Å². The normalized spacial score (nSPS) is 25.3. The van der Waals surface area contributed by atoms with Crippen LogP contribution in [-0.2, 0) is 157 Å². The minimum absolute atomic E-state index is 0.166. The van der Waals surface area contributed by atoms with Crippen LogP contribution in [0.25, 0.3) is 10.4 Å². The van der Waals surface area contributed by atoms with Gasteiger partial charge in [-0.1, -0.05) is 157 Å². The summed E-state index contributed by atoms with van der Waals surface area (Å²) in [5, 5.41) is 31.2. The number of ether oxygens (including phenoxy) is 18. The SMILES string of the molecule is CC(=O)OC[C@H]1O[C@@H](O[C@@H]2[C@@H](OC(C)=O)[C@H](NC(=O)[C@H](CCNC(=O)OCc3ccccc3)OC(C)=O)C[C@H](NC(=O)OCc3ccccc3)[C@H]2O[C@H]2O[C@H](CN=[N+]=[N-])[C@@H](O)[C@H](OC(C)=O)[C@H]2NC(=O)OCc2ccccc2)[C@H](OC(C)=O)[C@@H]1O[C@H]1O[C@@H](CNC(=O)OCc2ccccc2)[C@@H](OC(C)=O)[C@H](OC(C)=O)[C@H]1NC(=O)OCc1ccccc1. The Hall–Kier alpha value is -12.8. The lowest BCUT2D eigenvalue weighted by molar-refractivity contribution is -0.312. The molecule has 0 bridgehead atoms. The van der Waals surface area contributed by atoms with Crippen LogP contribution in [0.5, 0.6) is 0 Å². The van der Waals surface area contributed by atoms with E-state index in [1.54, 1.807) is 152 Å². The van der Waals surface area contributed by atoms with E-state index in [1.807, 2.05) is 0 Å². The Labute approximate surface area is 698 Å². The van der Waals surface area contributed by atoms with Crippen LogP contribution in [0.15, 0.2) is 157 Å². The van der Waals surface area contributed by atoms with Gasteiger partial charge in [-0.15, -0.1) is 0 Å². The third kappa shape index (κ3) is 29.0. The highest BCUT2D eigenvalue weighted by atomic mass is 16.8. The molecule has 0 aromatic heterocycles. The van der Waals surface area contributed by atoms with E-state index in [2.05, 4.69) is 41.9 Å². The van der Waals surface area contributed by atoms with Gasteiger partial charge in [-0.3, -0.25) is 38.4 Å². The van der Waals surface area contributed by atoms with E-state index in [0.29, 0.717) is 27.8 Å². The molecule has 4 fully saturated rings. The molecule has 1 saturated carbocycles. The topological polar surface area (TPSA) is 529 Å². The van der Waals surface area contributed by atoms with Crippen molar-refractivity contribution in [3.05, 3.63) is 190 Å². The molecule has 5 aromatic carbocycles. The standard InChI is InChI=1S/C81H95N9O32/c1-44(91)105-43-61-68(121-75-63(89-81(104)110-42-55-31-21-12-22-32-55)70(115-49(6)96)67(113-47(4)94)60(118-75)36-84-78(101)107-39-52-25-15-9-16-26-52)72(116-50(7)97)76(119-61)122-71-65(112-46(3)93)56(86-73(99)58(111-45(2)92)33-34-83-77(100)106-38-51-23-13-8-14-24-51)35-57(87-79(102)108-40-53-27-17-10-18-28-53)66(71)120-74-62(88-80(103)109-41-54-29-19-11-20-30-54)69(114-48(5)95)64(98)59(117-74)37-85-90-82/h8-32,56-72,74-76,98H,33-43H2,1-7H3,(H,83,100)(H,84,101)(H,86,99)(H,87,102)(H,88,103)(H,89,104)/t56-,57+,58+,59-,60+,61-,62-,63-,64-,65+,66-,67-,68-,69-,70-,71-,72-,74-,75-,76+/m1/s1. The van der Waals surface area contributed by atoms with E-state index >= 15 is 4.79 Å². The molecule has 656 valence electrons. The fraction of sp³-hybridized carbons (Fsp3) is 0.469. The van der Waals surface area contributed by atoms with Gasteiger partial charge in [0.25, 0.3) is 5.91 Å². The van der Waals surface area contributed by atoms with Crippen LogP contribution in [0.1, 0.15) is 89.1 Å². The number of nitrogens with one attached hydrogen (secondary N) is 6. The summed E-state index contributed by atoms with van der Waals surface area (Å²) >= 11 is 0. The van der Waals surface area contributed by atoms with Gasteiger partial charge in [-0.25, -0.2) is 24.0 Å². The lowest BCUT2D eigenvalue weighted by Gasteiger charge is -2.50. The molecule has 9 rings (SSSR count). The highest BCUT2D eigenvalue weighted by Crippen LogP contribution is 2.40. The Morgan fingerprint density at radius 1 is 0.402 bits per heavy atom. The van der Waals surface area contributed by atoms with Crippen LogP contribution in [0.2, 0.25) is 0 Å². The molecule has 3 saturated heterocycles. The lowest BCUT2D eigenvalue weighted by atomic mass is 9.82. The molecular weight excluding hydrogens is 1610 g/mol. The molecule has 41 heteroatoms. The van der Waals surface area contributed by atoms with Gasteiger partial charge in [0.1, 0.15) is 88.3 Å². The van der Waals surface area contributed by atoms with E-state index in [9.17, 15) is 68.2 Å². The molecule has 6 amide bonds. The summed E-state index contributed by atoms with van der Waals surface area (Å²) in [5.41, 5.74) is 12.3. The quantitative estimate of drug-likeness (QED) is 0.00895. The van der Waals surface area contributed by atoms with Crippen molar-refractivity contribution in [3.63, 3.8) is 0 Å². The minimum Gasteiger partial charge on any atom is -0.463 e. The Bertz CT molecular complexity index is 4390. The zero-order chi connectivity index (χ0) is 87.8. The van der Waals surface area contributed by atoms with Gasteiger partial charge in [0.15, 0.2) is 55.5 Å². The fourth-order valence-electron chi connectivity index (χ4n) is 13.5. The average Bonchev–Trinajstić information content (AvgIpc) is 1.71. The molecular formula is C81H95N9O32. The van der Waals surface area contributed by atoms with Crippen molar-refractivity contribution in [2.45, 2.75) is 217 Å². The van der Waals surface area contributed by atoms with Gasteiger partial charge >= 0.3 is 72.3 Å². The first-order chi connectivity index (χ1) is 58.6. The molecule has 0 unspecified atom stereocenters. The highest BCUT2D eigenvalue weighted by Gasteiger charge is 2.60. The maximum Gasteiger partial charge on any atom is 0.407 e. The Balaban J connectivity index is 1.19. The van der Waals surface area contributed by atoms with Crippen molar-refractivity contribution in [2.24, 2.45) is 5.11 Å². The number of hydrogen-bond donors (Lipinski definition) is 7. The number of benzene rings is 5. The molecule has 7 N–H and O–H groups in total. The number of amides is 6. The van der Waals surface area contributed by atoms with Gasteiger partial charge in [-0.2, -0.15) is 0 Å². The van der Waals surface area contributed by atoms with E-state index < -0.39 is 246 Å². The second kappa shape index (κ2) is 46.7. The molecule has 5 aromatic rings. The first kappa shape index (κ1) is 93.1. The van der Waals surface area contributed by atoms with Crippen LogP contribution in [0.4, 0.5) is 24.0 Å². The van der Waals surface area contributed by atoms with Crippen molar-refractivity contribution in [3.8, 4) is 0 Å². The van der Waals surface area contributed by atoms with Gasteiger partial charge < -0.3 is 122 Å². The number of azide groups is 1. The zero-order valence-electron chi connectivity index (χ0n) is 67.2. The number of aliphatic hydroxyl groups excluding tert-OH is 1. The Morgan fingerprint density at radius 3 is 1.25 bits per heavy atom. The predicted molar refractivity (Wildman–Crippen MR) is 412 cm³/mol. The third-order valence-electron chi connectivity index (χ3n) is 18.7. The summed E-state index contributed by atoms with van der Waals surface area (Å²) in [6.45, 7) is 2.38. The van der Waals surface area contributed by atoms with Crippen molar-refractivity contribution in [1.29, 1.82) is 0 Å². The van der Waals surface area contributed by atoms with E-state index in [1.165, 1.54) is 0 Å². The van der Waals surface area contributed by atoms with Gasteiger partial charge in [0.05, 0.1) is 31.3 Å². The number of esters is 7. The molecule has 1 aliphatic carbocycles. The molecule has 0 spiro atoms. The maximum atomic E-state index is 15.2. The van der Waals surface area contributed by atoms with Crippen molar-refractivity contribution >= 4 is 78.2 Å². The number of carbonyl (C=O) groups excluding carboxylic acids is 13. The minimum atomic E-state index is -2.29. The number of hydrogen-bond acceptors (Lipinski definition) is 33. The maximum absolute atomic E-state index is 15.2. The second-order valence-corrected chi connectivity index (χ2v) is 28.0. The van der Waals surface area contributed by atoms with E-state index in [4.69, 9.17) is 85.3 Å². The lowest BCUT2D eigenvalue weighted by Crippen LogP contribution is -2.71. The van der Waals surface area contributed by atoms with Crippen molar-refractivity contribution in [1.82, 2.24) is 31.9 Å². The van der Waals surface area contributed by atoms with E-state index in [-0.39, 0.29) is 26.4 Å². The summed E-state index contributed by atoms with van der Waals surface area (Å²) in [7, 11) is 0. The fourth-order valence-corrected chi connectivity index (χ4v) is 13.5. The van der Waals surface area contributed by atoms with Gasteiger partial charge in [0, 0.05) is 66.3 Å². The summed E-state index contributed by atoms with van der Waals surface area (Å²) in [6.07, 6.45) is -39.0. The predicted octanol–water partition coefficient (Wildman–Crippen LogP) is 5.16. The zero-order valence-corrected chi connectivity index (χ0v) is 67.2. The monoisotopic (exact) mass is 1710 g/mol. The first-order valence-corrected chi connectivity index (χ1v) is 38.5. The van der Waals surface area contributed by atoms with Crippen LogP contribution in [-0.4, -0.2) is 232 Å². The molecule has 0 radical (unpaired) electrons. The molecule has 4 aliphatic rings. The molecule has 3 aliphatic heterocycles. The molecule has 20 atom stereocenters. The largest absolute Gasteiger partial charge is 0.463 e. The first-order valence-electron chi connectivity index (χ1n) is 38.5. The number of alkyl carbamates (subject to hydrolysis) is 5. The smallest absolute Gasteiger partial charge is 0.407 e. The van der Waals surface area contributed by atoms with Crippen molar-refractivity contribution in [2.75, 3.05) is 26.2 Å². The summed E-state index contributed by atoms with van der Waals surface area (Å²) in [6, 6.07) is 34.4.